The van der Waals surface area contributed by atoms with Gasteiger partial charge in [-0.25, -0.2) is 4.98 Å². The van der Waals surface area contributed by atoms with Crippen molar-refractivity contribution in [2.24, 2.45) is 0 Å². The molecule has 2 aromatic carbocycles. The van der Waals surface area contributed by atoms with Crippen LogP contribution in [0.1, 0.15) is 13.3 Å². The lowest BCUT2D eigenvalue weighted by molar-refractivity contribution is -0.120. The minimum atomic E-state index is -0.107. The minimum absolute atomic E-state index is 0. The average Bonchev–Trinajstić information content (AvgIpc) is 3.25. The van der Waals surface area contributed by atoms with Gasteiger partial charge >= 0.3 is 0 Å². The highest BCUT2D eigenvalue weighted by molar-refractivity contribution is 9.10. The number of anilines is 1. The van der Waals surface area contributed by atoms with Gasteiger partial charge in [0.25, 0.3) is 5.91 Å². The summed E-state index contributed by atoms with van der Waals surface area (Å²) < 4.78 is 18.7. The van der Waals surface area contributed by atoms with Gasteiger partial charge in [0.1, 0.15) is 11.5 Å². The maximum atomic E-state index is 13.2. The molecule has 10 heteroatoms. The third kappa shape index (κ3) is 7.29. The number of aromatic nitrogens is 1. The number of carbonyl (C=O) groups excluding carboxylic acids is 1. The van der Waals surface area contributed by atoms with Gasteiger partial charge in [0.2, 0.25) is 0 Å². The Kier molecular flexibility index (Phi) is 10.4. The zero-order valence-electron chi connectivity index (χ0n) is 19.1. The molecule has 2 heterocycles. The maximum Gasteiger partial charge on any atom is 0.266 e. The molecule has 3 aromatic rings. The Morgan fingerprint density at radius 2 is 1.85 bits per heavy atom. The van der Waals surface area contributed by atoms with E-state index in [2.05, 4.69) is 20.8 Å². The minimum Gasteiger partial charge on any atom is -0.494 e. The van der Waals surface area contributed by atoms with Gasteiger partial charge in [0.15, 0.2) is 11.7 Å². The Hall–Kier alpha value is -1.91. The molecular formula is C24H29BrClN3O4S. The predicted octanol–water partition coefficient (Wildman–Crippen LogP) is 5.01. The Morgan fingerprint density at radius 1 is 1.15 bits per heavy atom. The summed E-state index contributed by atoms with van der Waals surface area (Å²) in [7, 11) is 0. The van der Waals surface area contributed by atoms with Crippen LogP contribution in [0.2, 0.25) is 0 Å². The van der Waals surface area contributed by atoms with E-state index < -0.39 is 0 Å². The normalized spacial score (nSPS) is 13.9. The number of thiazole rings is 1. The lowest BCUT2D eigenvalue weighted by Gasteiger charge is -2.27. The lowest BCUT2D eigenvalue weighted by Crippen LogP contribution is -2.40. The van der Waals surface area contributed by atoms with Crippen LogP contribution < -0.4 is 14.4 Å². The fourth-order valence-electron chi connectivity index (χ4n) is 3.63. The highest BCUT2D eigenvalue weighted by Crippen LogP contribution is 2.31. The number of benzene rings is 2. The fraction of sp³-hybridized carbons (Fsp3) is 0.417. The lowest BCUT2D eigenvalue weighted by atomic mass is 10.3. The number of carbonyl (C=O) groups is 1. The van der Waals surface area contributed by atoms with Crippen LogP contribution in [0.5, 0.6) is 11.5 Å². The zero-order valence-corrected chi connectivity index (χ0v) is 22.3. The number of hydrogen-bond acceptors (Lipinski definition) is 7. The topological polar surface area (TPSA) is 64.1 Å². The van der Waals surface area contributed by atoms with E-state index in [0.29, 0.717) is 24.0 Å². The molecule has 0 aliphatic carbocycles. The van der Waals surface area contributed by atoms with E-state index in [4.69, 9.17) is 19.2 Å². The molecule has 1 amide bonds. The van der Waals surface area contributed by atoms with Gasteiger partial charge in [-0.1, -0.05) is 27.3 Å². The fourth-order valence-corrected chi connectivity index (χ4v) is 5.19. The Balaban J connectivity index is 0.00000324. The maximum absolute atomic E-state index is 13.2. The van der Waals surface area contributed by atoms with Crippen molar-refractivity contribution in [1.29, 1.82) is 0 Å². The first-order chi connectivity index (χ1) is 16.1. The molecule has 0 saturated carbocycles. The summed E-state index contributed by atoms with van der Waals surface area (Å²) in [6.45, 7) is 7.41. The van der Waals surface area contributed by atoms with Crippen LogP contribution in [0, 0.1) is 0 Å². The van der Waals surface area contributed by atoms with E-state index in [-0.39, 0.29) is 24.9 Å². The summed E-state index contributed by atoms with van der Waals surface area (Å²) in [5.41, 5.74) is 0.886. The van der Waals surface area contributed by atoms with E-state index in [1.54, 1.807) is 4.90 Å². The van der Waals surface area contributed by atoms with Gasteiger partial charge in [0.05, 0.1) is 30.0 Å². The van der Waals surface area contributed by atoms with Crippen molar-refractivity contribution in [3.63, 3.8) is 0 Å². The van der Waals surface area contributed by atoms with Crippen molar-refractivity contribution in [3.05, 3.63) is 46.9 Å². The van der Waals surface area contributed by atoms with E-state index >= 15 is 0 Å². The van der Waals surface area contributed by atoms with Crippen molar-refractivity contribution < 1.29 is 19.0 Å². The first-order valence-corrected chi connectivity index (χ1v) is 12.8. The predicted molar refractivity (Wildman–Crippen MR) is 142 cm³/mol. The van der Waals surface area contributed by atoms with Gasteiger partial charge in [-0.15, -0.1) is 12.4 Å². The molecule has 184 valence electrons. The summed E-state index contributed by atoms with van der Waals surface area (Å²) in [6, 6.07) is 13.3. The van der Waals surface area contributed by atoms with E-state index in [1.807, 2.05) is 49.4 Å². The third-order valence-corrected chi connectivity index (χ3v) is 6.86. The van der Waals surface area contributed by atoms with Crippen LogP contribution in [0.15, 0.2) is 46.9 Å². The molecule has 1 aliphatic rings. The van der Waals surface area contributed by atoms with E-state index in [1.165, 1.54) is 11.3 Å². The summed E-state index contributed by atoms with van der Waals surface area (Å²) in [5, 5.41) is 0.699. The molecule has 1 fully saturated rings. The van der Waals surface area contributed by atoms with Gasteiger partial charge in [-0.2, -0.15) is 0 Å². The van der Waals surface area contributed by atoms with Crippen molar-refractivity contribution in [2.45, 2.75) is 13.3 Å². The molecule has 1 aliphatic heterocycles. The molecular weight excluding hydrogens is 542 g/mol. The number of halogens is 2. The number of fused-ring (bicyclic) bond motifs is 1. The monoisotopic (exact) mass is 569 g/mol. The summed E-state index contributed by atoms with van der Waals surface area (Å²) >= 11 is 5.03. The molecule has 0 radical (unpaired) electrons. The zero-order chi connectivity index (χ0) is 23.0. The van der Waals surface area contributed by atoms with Crippen molar-refractivity contribution >= 4 is 60.9 Å². The second-order valence-electron chi connectivity index (χ2n) is 7.65. The summed E-state index contributed by atoms with van der Waals surface area (Å²) in [6.07, 6.45) is 0.856. The highest BCUT2D eigenvalue weighted by Gasteiger charge is 2.21. The van der Waals surface area contributed by atoms with Crippen LogP contribution in [0.4, 0.5) is 5.13 Å². The summed E-state index contributed by atoms with van der Waals surface area (Å²) in [4.78, 5) is 22.1. The Bertz CT molecular complexity index is 1060. The van der Waals surface area contributed by atoms with Crippen LogP contribution in [0.25, 0.3) is 10.2 Å². The first-order valence-electron chi connectivity index (χ1n) is 11.1. The van der Waals surface area contributed by atoms with E-state index in [9.17, 15) is 4.79 Å². The molecule has 0 unspecified atom stereocenters. The number of morpholine rings is 1. The molecule has 0 spiro atoms. The van der Waals surface area contributed by atoms with Gasteiger partial charge in [0, 0.05) is 30.7 Å². The molecule has 0 N–H and O–H groups in total. The number of ether oxygens (including phenoxy) is 3. The molecule has 1 aromatic heterocycles. The standard InChI is InChI=1S/C24H28BrN3O4S.ClH/c1-2-31-19-5-7-20(8-6-19)32-17-23(29)28(11-3-10-27-12-14-30-15-13-27)24-26-21-9-4-18(25)16-22(21)33-24;/h4-9,16H,2-3,10-15,17H2,1H3;1H. The second kappa shape index (κ2) is 13.3. The molecule has 7 nitrogen and oxygen atoms in total. The SMILES string of the molecule is CCOc1ccc(OCC(=O)N(CCCN2CCOCC2)c2nc3ccc(Br)cc3s2)cc1.Cl. The summed E-state index contributed by atoms with van der Waals surface area (Å²) in [5.74, 6) is 1.30. The molecule has 4 rings (SSSR count). The third-order valence-electron chi connectivity index (χ3n) is 5.33. The number of hydrogen-bond donors (Lipinski definition) is 0. The number of rotatable bonds is 10. The largest absolute Gasteiger partial charge is 0.494 e. The smallest absolute Gasteiger partial charge is 0.266 e. The van der Waals surface area contributed by atoms with Crippen LogP contribution >= 0.6 is 39.7 Å². The van der Waals surface area contributed by atoms with Crippen LogP contribution in [0.3, 0.4) is 0 Å². The molecule has 34 heavy (non-hydrogen) atoms. The highest BCUT2D eigenvalue weighted by atomic mass is 79.9. The number of amides is 1. The second-order valence-corrected chi connectivity index (χ2v) is 9.58. The van der Waals surface area contributed by atoms with Crippen molar-refractivity contribution in [2.75, 3.05) is 57.5 Å². The molecule has 1 saturated heterocycles. The Morgan fingerprint density at radius 3 is 2.56 bits per heavy atom. The van der Waals surface area contributed by atoms with Crippen LogP contribution in [-0.2, 0) is 9.53 Å². The molecule has 0 bridgehead atoms. The van der Waals surface area contributed by atoms with Gasteiger partial charge in [-0.05, 0) is 55.8 Å². The Labute approximate surface area is 218 Å². The van der Waals surface area contributed by atoms with Gasteiger partial charge < -0.3 is 14.2 Å². The van der Waals surface area contributed by atoms with Crippen LogP contribution in [-0.4, -0.2) is 68.4 Å². The van der Waals surface area contributed by atoms with Crippen molar-refractivity contribution in [3.8, 4) is 11.5 Å². The molecule has 0 atom stereocenters. The van der Waals surface area contributed by atoms with Crippen molar-refractivity contribution in [1.82, 2.24) is 9.88 Å². The van der Waals surface area contributed by atoms with Gasteiger partial charge in [-0.3, -0.25) is 14.6 Å². The number of nitrogens with zero attached hydrogens (tertiary/aromatic N) is 3. The first kappa shape index (κ1) is 26.7. The quantitative estimate of drug-likeness (QED) is 0.341. The van der Waals surface area contributed by atoms with E-state index in [0.717, 1.165) is 59.7 Å². The average molecular weight is 571 g/mol.